The highest BCUT2D eigenvalue weighted by atomic mass is 31.1. The van der Waals surface area contributed by atoms with Crippen molar-refractivity contribution in [3.05, 3.63) is 84.4 Å². The monoisotopic (exact) mass is 373 g/mol. The minimum Gasteiger partial charge on any atom is -0.382 e. The molecule has 27 heavy (non-hydrogen) atoms. The van der Waals surface area contributed by atoms with E-state index in [0.29, 0.717) is 6.04 Å². The highest BCUT2D eigenvalue weighted by Crippen LogP contribution is 2.37. The Morgan fingerprint density at radius 3 is 1.89 bits per heavy atom. The van der Waals surface area contributed by atoms with Gasteiger partial charge in [-0.15, -0.1) is 0 Å². The fraction of sp³-hybridized carbons (Fsp3) is 0.280. The van der Waals surface area contributed by atoms with E-state index in [2.05, 4.69) is 91.1 Å². The number of nitrogens with one attached hydrogen (secondary N) is 1. The van der Waals surface area contributed by atoms with Crippen LogP contribution < -0.4 is 21.2 Å². The fourth-order valence-corrected chi connectivity index (χ4v) is 6.66. The standard InChI is InChI=1S/C25H28NP/c1-20-12-11-19-24(26-21-13-5-2-6-14-21)25(20)27(22-15-7-3-8-16-22)23-17-9-4-10-18-23/h3-4,7-12,15-19,21,26H,2,5-6,13-14H2,1H3. The van der Waals surface area contributed by atoms with E-state index in [0.717, 1.165) is 0 Å². The second-order valence-corrected chi connectivity index (χ2v) is 9.61. The van der Waals surface area contributed by atoms with Crippen LogP contribution in [0.15, 0.2) is 78.9 Å². The summed E-state index contributed by atoms with van der Waals surface area (Å²) in [5, 5.41) is 8.24. The van der Waals surface area contributed by atoms with Crippen LogP contribution in [0.2, 0.25) is 0 Å². The molecule has 0 bridgehead atoms. The van der Waals surface area contributed by atoms with Crippen molar-refractivity contribution in [3.8, 4) is 0 Å². The molecular formula is C25H28NP. The largest absolute Gasteiger partial charge is 0.382 e. The summed E-state index contributed by atoms with van der Waals surface area (Å²) in [6, 6.07) is 29.4. The molecule has 0 spiro atoms. The van der Waals surface area contributed by atoms with Crippen LogP contribution in [0.5, 0.6) is 0 Å². The van der Waals surface area contributed by atoms with E-state index in [4.69, 9.17) is 0 Å². The molecule has 1 saturated carbocycles. The number of rotatable bonds is 5. The number of hydrogen-bond donors (Lipinski definition) is 1. The highest BCUT2D eigenvalue weighted by Gasteiger charge is 2.23. The lowest BCUT2D eigenvalue weighted by atomic mass is 9.95. The van der Waals surface area contributed by atoms with Gasteiger partial charge in [0.1, 0.15) is 0 Å². The molecule has 138 valence electrons. The normalized spacial score (nSPS) is 15.0. The van der Waals surface area contributed by atoms with Gasteiger partial charge in [-0.2, -0.15) is 0 Å². The van der Waals surface area contributed by atoms with Gasteiger partial charge >= 0.3 is 0 Å². The van der Waals surface area contributed by atoms with Crippen LogP contribution in [0.1, 0.15) is 37.7 Å². The second kappa shape index (κ2) is 8.72. The van der Waals surface area contributed by atoms with Crippen molar-refractivity contribution in [1.82, 2.24) is 0 Å². The van der Waals surface area contributed by atoms with E-state index < -0.39 is 7.92 Å². The maximum atomic E-state index is 3.93. The van der Waals surface area contributed by atoms with E-state index in [9.17, 15) is 0 Å². The average molecular weight is 373 g/mol. The molecule has 0 aliphatic heterocycles. The molecule has 0 atom stereocenters. The van der Waals surface area contributed by atoms with Crippen molar-refractivity contribution in [2.45, 2.75) is 45.1 Å². The van der Waals surface area contributed by atoms with E-state index in [1.807, 2.05) is 0 Å². The summed E-state index contributed by atoms with van der Waals surface area (Å²) < 4.78 is 0. The van der Waals surface area contributed by atoms with Gasteiger partial charge in [-0.3, -0.25) is 0 Å². The summed E-state index contributed by atoms with van der Waals surface area (Å²) in [6.45, 7) is 2.27. The summed E-state index contributed by atoms with van der Waals surface area (Å²) >= 11 is 0. The molecule has 0 amide bonds. The van der Waals surface area contributed by atoms with Gasteiger partial charge in [0.15, 0.2) is 0 Å². The lowest BCUT2D eigenvalue weighted by molar-refractivity contribution is 0.463. The summed E-state index contributed by atoms with van der Waals surface area (Å²) in [5.41, 5.74) is 2.72. The third-order valence-electron chi connectivity index (χ3n) is 5.45. The van der Waals surface area contributed by atoms with Crippen LogP contribution in [0, 0.1) is 6.92 Å². The van der Waals surface area contributed by atoms with Gasteiger partial charge in [-0.05, 0) is 49.9 Å². The van der Waals surface area contributed by atoms with Crippen LogP contribution in [0.3, 0.4) is 0 Å². The fourth-order valence-electron chi connectivity index (χ4n) is 4.10. The zero-order chi connectivity index (χ0) is 18.5. The number of benzene rings is 3. The molecule has 0 aromatic heterocycles. The molecule has 1 aliphatic rings. The van der Waals surface area contributed by atoms with Crippen molar-refractivity contribution in [2.24, 2.45) is 0 Å². The first-order valence-corrected chi connectivity index (χ1v) is 11.4. The maximum absolute atomic E-state index is 3.93. The van der Waals surface area contributed by atoms with E-state index in [-0.39, 0.29) is 0 Å². The Balaban J connectivity index is 1.80. The zero-order valence-corrected chi connectivity index (χ0v) is 17.0. The quantitative estimate of drug-likeness (QED) is 0.583. The average Bonchev–Trinajstić information content (AvgIpc) is 2.73. The third-order valence-corrected chi connectivity index (χ3v) is 8.12. The number of anilines is 1. The van der Waals surface area contributed by atoms with Crippen LogP contribution in [-0.2, 0) is 0 Å². The van der Waals surface area contributed by atoms with Gasteiger partial charge in [0.25, 0.3) is 0 Å². The molecule has 4 rings (SSSR count). The molecule has 1 nitrogen and oxygen atoms in total. The minimum atomic E-state index is -0.577. The number of hydrogen-bond acceptors (Lipinski definition) is 1. The topological polar surface area (TPSA) is 12.0 Å². The maximum Gasteiger partial charge on any atom is 0.0429 e. The van der Waals surface area contributed by atoms with Gasteiger partial charge in [0.05, 0.1) is 0 Å². The molecular weight excluding hydrogens is 345 g/mol. The van der Waals surface area contributed by atoms with Crippen molar-refractivity contribution >= 4 is 29.5 Å². The van der Waals surface area contributed by atoms with Crippen molar-refractivity contribution < 1.29 is 0 Å². The molecule has 0 unspecified atom stereocenters. The summed E-state index contributed by atoms with van der Waals surface area (Å²) in [6.07, 6.45) is 6.68. The summed E-state index contributed by atoms with van der Waals surface area (Å²) in [5.74, 6) is 0. The van der Waals surface area contributed by atoms with Gasteiger partial charge in [-0.25, -0.2) is 0 Å². The van der Waals surface area contributed by atoms with Gasteiger partial charge in [0.2, 0.25) is 0 Å². The summed E-state index contributed by atoms with van der Waals surface area (Å²) in [7, 11) is -0.577. The van der Waals surface area contributed by atoms with Crippen molar-refractivity contribution in [1.29, 1.82) is 0 Å². The van der Waals surface area contributed by atoms with Crippen LogP contribution >= 0.6 is 7.92 Å². The first-order chi connectivity index (χ1) is 13.3. The molecule has 0 heterocycles. The van der Waals surface area contributed by atoms with Crippen LogP contribution in [0.4, 0.5) is 5.69 Å². The van der Waals surface area contributed by atoms with Gasteiger partial charge in [0, 0.05) is 17.0 Å². The van der Waals surface area contributed by atoms with Crippen molar-refractivity contribution in [3.63, 3.8) is 0 Å². The first kappa shape index (κ1) is 18.3. The molecule has 3 aromatic rings. The summed E-state index contributed by atoms with van der Waals surface area (Å²) in [4.78, 5) is 0. The molecule has 0 radical (unpaired) electrons. The lowest BCUT2D eigenvalue weighted by Gasteiger charge is -2.29. The Bertz CT molecular complexity index is 815. The Labute approximate surface area is 164 Å². The van der Waals surface area contributed by atoms with Gasteiger partial charge in [-0.1, -0.05) is 92.1 Å². The Morgan fingerprint density at radius 2 is 1.30 bits per heavy atom. The lowest BCUT2D eigenvalue weighted by Crippen LogP contribution is -2.29. The number of aryl methyl sites for hydroxylation is 1. The van der Waals surface area contributed by atoms with Crippen molar-refractivity contribution in [2.75, 3.05) is 5.32 Å². The molecule has 2 heteroatoms. The molecule has 1 fully saturated rings. The van der Waals surface area contributed by atoms with Crippen LogP contribution in [-0.4, -0.2) is 6.04 Å². The first-order valence-electron chi connectivity index (χ1n) is 10.1. The third kappa shape index (κ3) is 4.25. The Kier molecular flexibility index (Phi) is 5.90. The van der Waals surface area contributed by atoms with E-state index >= 15 is 0 Å². The predicted octanol–water partition coefficient (Wildman–Crippen LogP) is 5.50. The molecule has 1 N–H and O–H groups in total. The van der Waals surface area contributed by atoms with Crippen LogP contribution in [0.25, 0.3) is 0 Å². The second-order valence-electron chi connectivity index (χ2n) is 7.46. The smallest absolute Gasteiger partial charge is 0.0429 e. The molecule has 1 aliphatic carbocycles. The Hall–Kier alpha value is -2.11. The van der Waals surface area contributed by atoms with E-state index in [1.54, 1.807) is 0 Å². The Morgan fingerprint density at radius 1 is 0.704 bits per heavy atom. The molecule has 3 aromatic carbocycles. The highest BCUT2D eigenvalue weighted by molar-refractivity contribution is 7.80. The van der Waals surface area contributed by atoms with Gasteiger partial charge < -0.3 is 5.32 Å². The molecule has 0 saturated heterocycles. The predicted molar refractivity (Wildman–Crippen MR) is 120 cm³/mol. The minimum absolute atomic E-state index is 0.577. The zero-order valence-electron chi connectivity index (χ0n) is 16.1. The SMILES string of the molecule is Cc1cccc(NC2CCCCC2)c1P(c1ccccc1)c1ccccc1. The van der Waals surface area contributed by atoms with E-state index in [1.165, 1.54) is 59.3 Å².